The van der Waals surface area contributed by atoms with Gasteiger partial charge >= 0.3 is 0 Å². The average Bonchev–Trinajstić information content (AvgIpc) is 2.81. The van der Waals surface area contributed by atoms with Gasteiger partial charge < -0.3 is 10.1 Å². The third-order valence-electron chi connectivity index (χ3n) is 2.88. The Hall–Kier alpha value is -1.88. The molecule has 1 N–H and O–H groups in total. The molecule has 0 radical (unpaired) electrons. The van der Waals surface area contributed by atoms with Gasteiger partial charge in [0.1, 0.15) is 5.75 Å². The van der Waals surface area contributed by atoms with Crippen LogP contribution in [0.3, 0.4) is 0 Å². The quantitative estimate of drug-likeness (QED) is 0.777. The first-order valence-electron chi connectivity index (χ1n) is 5.97. The highest BCUT2D eigenvalue weighted by Gasteiger charge is 2.02. The molecule has 0 saturated carbocycles. The second-order valence-electron chi connectivity index (χ2n) is 4.09. The van der Waals surface area contributed by atoms with E-state index in [1.807, 2.05) is 25.2 Å². The highest BCUT2D eigenvalue weighted by Crippen LogP contribution is 2.17. The minimum absolute atomic E-state index is 0.776. The van der Waals surface area contributed by atoms with Crippen LogP contribution in [0.1, 0.15) is 11.3 Å². The molecular weight excluding hydrogens is 228 g/mol. The van der Waals surface area contributed by atoms with Gasteiger partial charge in [-0.3, -0.25) is 4.68 Å². The van der Waals surface area contributed by atoms with Crippen molar-refractivity contribution < 1.29 is 4.74 Å². The number of para-hydroxylation sites is 1. The Morgan fingerprint density at radius 3 is 2.89 bits per heavy atom. The maximum atomic E-state index is 5.32. The lowest BCUT2D eigenvalue weighted by Gasteiger charge is -2.08. The molecule has 0 bridgehead atoms. The fourth-order valence-corrected chi connectivity index (χ4v) is 1.82. The normalized spacial score (nSPS) is 10.6. The van der Waals surface area contributed by atoms with Crippen LogP contribution in [-0.2, 0) is 20.0 Å². The third-order valence-corrected chi connectivity index (χ3v) is 2.88. The largest absolute Gasteiger partial charge is 0.496 e. The van der Waals surface area contributed by atoms with Gasteiger partial charge in [0.2, 0.25) is 0 Å². The van der Waals surface area contributed by atoms with Crippen molar-refractivity contribution in [2.24, 2.45) is 7.05 Å². The number of hydrogen-bond acceptors (Lipinski definition) is 4. The molecule has 2 rings (SSSR count). The van der Waals surface area contributed by atoms with E-state index in [2.05, 4.69) is 21.7 Å². The van der Waals surface area contributed by atoms with Gasteiger partial charge in [-0.05, 0) is 24.6 Å². The minimum atomic E-state index is 0.776. The van der Waals surface area contributed by atoms with E-state index in [1.54, 1.807) is 18.0 Å². The van der Waals surface area contributed by atoms with Gasteiger partial charge in [0, 0.05) is 13.6 Å². The first kappa shape index (κ1) is 12.6. The van der Waals surface area contributed by atoms with Crippen LogP contribution in [0.5, 0.6) is 5.75 Å². The Morgan fingerprint density at radius 1 is 1.33 bits per heavy atom. The summed E-state index contributed by atoms with van der Waals surface area (Å²) in [6.07, 6.45) is 2.71. The summed E-state index contributed by atoms with van der Waals surface area (Å²) >= 11 is 0. The van der Waals surface area contributed by atoms with E-state index in [-0.39, 0.29) is 0 Å². The van der Waals surface area contributed by atoms with Crippen molar-refractivity contribution in [3.8, 4) is 5.75 Å². The van der Waals surface area contributed by atoms with E-state index >= 15 is 0 Å². The second-order valence-corrected chi connectivity index (χ2v) is 4.09. The Balaban J connectivity index is 1.80. The molecular formula is C13H18N4O. The molecule has 0 spiro atoms. The van der Waals surface area contributed by atoms with Gasteiger partial charge in [-0.1, -0.05) is 23.4 Å². The summed E-state index contributed by atoms with van der Waals surface area (Å²) in [7, 11) is 3.60. The zero-order valence-electron chi connectivity index (χ0n) is 10.8. The van der Waals surface area contributed by atoms with Gasteiger partial charge in [-0.25, -0.2) is 0 Å². The van der Waals surface area contributed by atoms with Crippen LogP contribution in [0.4, 0.5) is 0 Å². The number of methoxy groups -OCH3 is 1. The van der Waals surface area contributed by atoms with Crippen molar-refractivity contribution in [3.05, 3.63) is 41.7 Å². The molecule has 1 aromatic carbocycles. The highest BCUT2D eigenvalue weighted by molar-refractivity contribution is 5.33. The van der Waals surface area contributed by atoms with Gasteiger partial charge in [0.05, 0.1) is 19.0 Å². The SMILES string of the molecule is COc1ccccc1CCNCc1cnnn1C. The van der Waals surface area contributed by atoms with E-state index in [9.17, 15) is 0 Å². The van der Waals surface area contributed by atoms with Crippen molar-refractivity contribution in [3.63, 3.8) is 0 Å². The number of aryl methyl sites for hydroxylation is 1. The molecule has 1 heterocycles. The summed E-state index contributed by atoms with van der Waals surface area (Å²) in [6.45, 7) is 1.67. The maximum Gasteiger partial charge on any atom is 0.122 e. The monoisotopic (exact) mass is 246 g/mol. The molecule has 0 aliphatic carbocycles. The maximum absolute atomic E-state index is 5.32. The first-order chi connectivity index (χ1) is 8.81. The van der Waals surface area contributed by atoms with Gasteiger partial charge in [0.25, 0.3) is 0 Å². The molecule has 0 amide bonds. The van der Waals surface area contributed by atoms with Crippen molar-refractivity contribution in [2.75, 3.05) is 13.7 Å². The van der Waals surface area contributed by atoms with Crippen molar-refractivity contribution in [1.29, 1.82) is 0 Å². The van der Waals surface area contributed by atoms with Crippen molar-refractivity contribution in [1.82, 2.24) is 20.3 Å². The van der Waals surface area contributed by atoms with Crippen molar-refractivity contribution in [2.45, 2.75) is 13.0 Å². The Bertz CT molecular complexity index is 495. The topological polar surface area (TPSA) is 52.0 Å². The van der Waals surface area contributed by atoms with E-state index in [4.69, 9.17) is 4.74 Å². The van der Waals surface area contributed by atoms with Crippen LogP contribution in [0, 0.1) is 0 Å². The minimum Gasteiger partial charge on any atom is -0.496 e. The summed E-state index contributed by atoms with van der Waals surface area (Å²) in [5.41, 5.74) is 2.30. The average molecular weight is 246 g/mol. The Morgan fingerprint density at radius 2 is 2.17 bits per heavy atom. The molecule has 0 aliphatic rings. The molecule has 5 nitrogen and oxygen atoms in total. The number of aromatic nitrogens is 3. The standard InChI is InChI=1S/C13H18N4O/c1-17-12(10-15-16-17)9-14-8-7-11-5-3-4-6-13(11)18-2/h3-6,10,14H,7-9H2,1-2H3. The van der Waals surface area contributed by atoms with Gasteiger partial charge in [-0.2, -0.15) is 0 Å². The van der Waals surface area contributed by atoms with E-state index in [0.29, 0.717) is 0 Å². The molecule has 96 valence electrons. The number of nitrogens with one attached hydrogen (secondary N) is 1. The number of ether oxygens (including phenoxy) is 1. The Kier molecular flexibility index (Phi) is 4.30. The number of rotatable bonds is 6. The van der Waals surface area contributed by atoms with Crippen LogP contribution in [0.25, 0.3) is 0 Å². The predicted octanol–water partition coefficient (Wildman–Crippen LogP) is 1.16. The molecule has 0 fully saturated rings. The van der Waals surface area contributed by atoms with Crippen LogP contribution in [0.15, 0.2) is 30.5 Å². The van der Waals surface area contributed by atoms with Gasteiger partial charge in [-0.15, -0.1) is 5.10 Å². The number of benzene rings is 1. The van der Waals surface area contributed by atoms with Crippen LogP contribution < -0.4 is 10.1 Å². The number of nitrogens with zero attached hydrogens (tertiary/aromatic N) is 3. The smallest absolute Gasteiger partial charge is 0.122 e. The first-order valence-corrected chi connectivity index (χ1v) is 5.97. The van der Waals surface area contributed by atoms with Gasteiger partial charge in [0.15, 0.2) is 0 Å². The lowest BCUT2D eigenvalue weighted by atomic mass is 10.1. The highest BCUT2D eigenvalue weighted by atomic mass is 16.5. The fourth-order valence-electron chi connectivity index (χ4n) is 1.82. The summed E-state index contributed by atoms with van der Waals surface area (Å²) < 4.78 is 7.09. The lowest BCUT2D eigenvalue weighted by Crippen LogP contribution is -2.18. The molecule has 0 unspecified atom stereocenters. The zero-order valence-corrected chi connectivity index (χ0v) is 10.8. The molecule has 1 aromatic heterocycles. The van der Waals surface area contributed by atoms with Crippen molar-refractivity contribution >= 4 is 0 Å². The second kappa shape index (κ2) is 6.16. The number of hydrogen-bond donors (Lipinski definition) is 1. The molecule has 2 aromatic rings. The molecule has 0 saturated heterocycles. The van der Waals surface area contributed by atoms with Crippen LogP contribution >= 0.6 is 0 Å². The van der Waals surface area contributed by atoms with Crippen LogP contribution in [0.2, 0.25) is 0 Å². The van der Waals surface area contributed by atoms with E-state index in [0.717, 1.165) is 31.0 Å². The third kappa shape index (κ3) is 3.07. The van der Waals surface area contributed by atoms with E-state index < -0.39 is 0 Å². The zero-order chi connectivity index (χ0) is 12.8. The summed E-state index contributed by atoms with van der Waals surface area (Å²) in [4.78, 5) is 0. The molecule has 5 heteroatoms. The summed E-state index contributed by atoms with van der Waals surface area (Å²) in [5, 5.41) is 11.1. The molecule has 0 atom stereocenters. The fraction of sp³-hybridized carbons (Fsp3) is 0.385. The summed E-state index contributed by atoms with van der Waals surface area (Å²) in [6, 6.07) is 8.09. The predicted molar refractivity (Wildman–Crippen MR) is 69.4 cm³/mol. The summed E-state index contributed by atoms with van der Waals surface area (Å²) in [5.74, 6) is 0.946. The molecule has 18 heavy (non-hydrogen) atoms. The van der Waals surface area contributed by atoms with Crippen LogP contribution in [-0.4, -0.2) is 28.6 Å². The lowest BCUT2D eigenvalue weighted by molar-refractivity contribution is 0.409. The Labute approximate surface area is 107 Å². The van der Waals surface area contributed by atoms with E-state index in [1.165, 1.54) is 5.56 Å². The molecule has 0 aliphatic heterocycles.